The van der Waals surface area contributed by atoms with Crippen LogP contribution in [-0.2, 0) is 4.74 Å². The molecular formula is C11H19N5O. The number of hydrazine groups is 1. The maximum absolute atomic E-state index is 5.50. The highest BCUT2D eigenvalue weighted by molar-refractivity contribution is 5.49. The summed E-state index contributed by atoms with van der Waals surface area (Å²) in [4.78, 5) is 10.8. The van der Waals surface area contributed by atoms with E-state index in [9.17, 15) is 0 Å². The first-order valence-electron chi connectivity index (χ1n) is 5.91. The van der Waals surface area contributed by atoms with Crippen molar-refractivity contribution in [2.24, 2.45) is 5.84 Å². The quantitative estimate of drug-likeness (QED) is 0.595. The molecular weight excluding hydrogens is 218 g/mol. The van der Waals surface area contributed by atoms with Gasteiger partial charge in [0.2, 0.25) is 5.95 Å². The molecule has 1 fully saturated rings. The molecule has 1 aromatic heterocycles. The summed E-state index contributed by atoms with van der Waals surface area (Å²) in [6.07, 6.45) is 2.83. The first kappa shape index (κ1) is 12.1. The van der Waals surface area contributed by atoms with Gasteiger partial charge >= 0.3 is 0 Å². The van der Waals surface area contributed by atoms with E-state index in [-0.39, 0.29) is 0 Å². The third kappa shape index (κ3) is 2.48. The molecule has 0 aromatic carbocycles. The first-order valence-corrected chi connectivity index (χ1v) is 5.91. The van der Waals surface area contributed by atoms with Crippen LogP contribution in [0.15, 0.2) is 6.20 Å². The van der Waals surface area contributed by atoms with Crippen molar-refractivity contribution in [1.29, 1.82) is 0 Å². The second kappa shape index (κ2) is 5.29. The number of ether oxygens (including phenoxy) is 1. The van der Waals surface area contributed by atoms with E-state index in [4.69, 9.17) is 10.6 Å². The summed E-state index contributed by atoms with van der Waals surface area (Å²) in [5, 5.41) is 0. The Morgan fingerprint density at radius 3 is 3.18 bits per heavy atom. The minimum atomic E-state index is 0.378. The Morgan fingerprint density at radius 1 is 1.65 bits per heavy atom. The number of nitrogens with zero attached hydrogens (tertiary/aromatic N) is 3. The highest BCUT2D eigenvalue weighted by Gasteiger charge is 2.24. The van der Waals surface area contributed by atoms with Crippen LogP contribution in [0.25, 0.3) is 0 Å². The molecule has 1 aliphatic heterocycles. The van der Waals surface area contributed by atoms with Crippen molar-refractivity contribution < 1.29 is 4.74 Å². The van der Waals surface area contributed by atoms with Crippen LogP contribution in [0.2, 0.25) is 0 Å². The van der Waals surface area contributed by atoms with Gasteiger partial charge in [-0.25, -0.2) is 10.8 Å². The van der Waals surface area contributed by atoms with Crippen LogP contribution >= 0.6 is 0 Å². The third-order valence-corrected chi connectivity index (χ3v) is 3.04. The number of aryl methyl sites for hydroxylation is 1. The Kier molecular flexibility index (Phi) is 3.75. The maximum Gasteiger partial charge on any atom is 0.239 e. The highest BCUT2D eigenvalue weighted by Crippen LogP contribution is 2.23. The monoisotopic (exact) mass is 237 g/mol. The molecule has 1 aromatic rings. The summed E-state index contributed by atoms with van der Waals surface area (Å²) >= 11 is 0. The molecule has 17 heavy (non-hydrogen) atoms. The van der Waals surface area contributed by atoms with E-state index in [0.717, 1.165) is 37.6 Å². The Bertz CT molecular complexity index is 384. The number of rotatable bonds is 3. The normalized spacial score (nSPS) is 20.4. The molecule has 0 radical (unpaired) electrons. The largest absolute Gasteiger partial charge is 0.377 e. The number of morpholine rings is 1. The molecule has 2 rings (SSSR count). The molecule has 1 unspecified atom stereocenters. The number of hydrogen-bond donors (Lipinski definition) is 2. The Morgan fingerprint density at radius 2 is 2.47 bits per heavy atom. The van der Waals surface area contributed by atoms with E-state index in [1.54, 1.807) is 6.20 Å². The lowest BCUT2D eigenvalue weighted by Crippen LogP contribution is -2.46. The van der Waals surface area contributed by atoms with Gasteiger partial charge in [-0.1, -0.05) is 6.92 Å². The molecule has 0 amide bonds. The van der Waals surface area contributed by atoms with Crippen LogP contribution in [0.1, 0.15) is 18.9 Å². The fourth-order valence-electron chi connectivity index (χ4n) is 2.07. The number of aromatic nitrogens is 2. The van der Waals surface area contributed by atoms with Gasteiger partial charge in [0.05, 0.1) is 19.3 Å². The van der Waals surface area contributed by atoms with Crippen LogP contribution in [0, 0.1) is 6.92 Å². The smallest absolute Gasteiger partial charge is 0.239 e. The standard InChI is InChI=1S/C11H19N5O/c1-3-9-7-17-5-4-16(9)10-8(2)6-13-11(14-10)15-12/h6,9H,3-5,7,12H2,1-2H3,(H,13,14,15). The minimum absolute atomic E-state index is 0.378. The van der Waals surface area contributed by atoms with E-state index < -0.39 is 0 Å². The molecule has 0 spiro atoms. The van der Waals surface area contributed by atoms with Crippen molar-refractivity contribution in [3.8, 4) is 0 Å². The summed E-state index contributed by atoms with van der Waals surface area (Å²) in [6, 6.07) is 0.378. The molecule has 1 atom stereocenters. The number of nitrogens with two attached hydrogens (primary N) is 1. The van der Waals surface area contributed by atoms with Gasteiger partial charge in [0.15, 0.2) is 0 Å². The first-order chi connectivity index (χ1) is 8.26. The summed E-state index contributed by atoms with van der Waals surface area (Å²) < 4.78 is 5.50. The Labute approximate surface area is 101 Å². The van der Waals surface area contributed by atoms with Crippen LogP contribution in [0.5, 0.6) is 0 Å². The van der Waals surface area contributed by atoms with Crippen molar-refractivity contribution in [2.75, 3.05) is 30.1 Å². The van der Waals surface area contributed by atoms with E-state index >= 15 is 0 Å². The molecule has 1 aliphatic rings. The molecule has 3 N–H and O–H groups in total. The van der Waals surface area contributed by atoms with Crippen LogP contribution in [0.4, 0.5) is 11.8 Å². The Balaban J connectivity index is 2.30. The van der Waals surface area contributed by atoms with E-state index in [2.05, 4.69) is 27.2 Å². The van der Waals surface area contributed by atoms with Crippen molar-refractivity contribution in [3.63, 3.8) is 0 Å². The number of anilines is 2. The Hall–Kier alpha value is -1.40. The van der Waals surface area contributed by atoms with Gasteiger partial charge in [-0.15, -0.1) is 0 Å². The lowest BCUT2D eigenvalue weighted by molar-refractivity contribution is 0.0925. The molecule has 2 heterocycles. The van der Waals surface area contributed by atoms with Crippen LogP contribution < -0.4 is 16.2 Å². The average Bonchev–Trinajstić information content (AvgIpc) is 2.39. The van der Waals surface area contributed by atoms with Crippen LogP contribution in [-0.4, -0.2) is 35.8 Å². The van der Waals surface area contributed by atoms with Crippen LogP contribution in [0.3, 0.4) is 0 Å². The predicted octanol–water partition coefficient (Wildman–Crippen LogP) is 0.686. The summed E-state index contributed by atoms with van der Waals surface area (Å²) in [5.41, 5.74) is 3.55. The molecule has 6 heteroatoms. The lowest BCUT2D eigenvalue weighted by Gasteiger charge is -2.36. The second-order valence-electron chi connectivity index (χ2n) is 4.17. The van der Waals surface area contributed by atoms with Crippen molar-refractivity contribution in [2.45, 2.75) is 26.3 Å². The SMILES string of the molecule is CCC1COCCN1c1nc(NN)ncc1C. The zero-order valence-electron chi connectivity index (χ0n) is 10.3. The molecule has 94 valence electrons. The van der Waals surface area contributed by atoms with Gasteiger partial charge in [-0.2, -0.15) is 4.98 Å². The van der Waals surface area contributed by atoms with Gasteiger partial charge in [0.1, 0.15) is 5.82 Å². The summed E-state index contributed by atoms with van der Waals surface area (Å²) in [6.45, 7) is 6.53. The molecule has 0 saturated carbocycles. The fourth-order valence-corrected chi connectivity index (χ4v) is 2.07. The zero-order valence-corrected chi connectivity index (χ0v) is 10.3. The van der Waals surface area contributed by atoms with Gasteiger partial charge < -0.3 is 9.64 Å². The van der Waals surface area contributed by atoms with Gasteiger partial charge in [0, 0.05) is 18.3 Å². The average molecular weight is 237 g/mol. The van der Waals surface area contributed by atoms with E-state index in [1.807, 2.05) is 6.92 Å². The van der Waals surface area contributed by atoms with Crippen molar-refractivity contribution in [1.82, 2.24) is 9.97 Å². The van der Waals surface area contributed by atoms with Crippen molar-refractivity contribution in [3.05, 3.63) is 11.8 Å². The maximum atomic E-state index is 5.50. The summed E-state index contributed by atoms with van der Waals surface area (Å²) in [5.74, 6) is 6.75. The number of nitrogens with one attached hydrogen (secondary N) is 1. The van der Waals surface area contributed by atoms with E-state index in [0.29, 0.717) is 12.0 Å². The lowest BCUT2D eigenvalue weighted by atomic mass is 10.1. The second-order valence-corrected chi connectivity index (χ2v) is 4.17. The predicted molar refractivity (Wildman–Crippen MR) is 66.8 cm³/mol. The molecule has 0 aliphatic carbocycles. The van der Waals surface area contributed by atoms with Gasteiger partial charge in [0.25, 0.3) is 0 Å². The molecule has 6 nitrogen and oxygen atoms in total. The minimum Gasteiger partial charge on any atom is -0.377 e. The number of hydrogen-bond acceptors (Lipinski definition) is 6. The van der Waals surface area contributed by atoms with Crippen molar-refractivity contribution >= 4 is 11.8 Å². The zero-order chi connectivity index (χ0) is 12.3. The van der Waals surface area contributed by atoms with Gasteiger partial charge in [-0.3, -0.25) is 5.43 Å². The highest BCUT2D eigenvalue weighted by atomic mass is 16.5. The number of nitrogen functional groups attached to an aromatic ring is 1. The molecule has 1 saturated heterocycles. The van der Waals surface area contributed by atoms with E-state index in [1.165, 1.54) is 0 Å². The summed E-state index contributed by atoms with van der Waals surface area (Å²) in [7, 11) is 0. The third-order valence-electron chi connectivity index (χ3n) is 3.04. The molecule has 0 bridgehead atoms. The van der Waals surface area contributed by atoms with Gasteiger partial charge in [-0.05, 0) is 13.3 Å². The topological polar surface area (TPSA) is 76.3 Å². The fraction of sp³-hybridized carbons (Fsp3) is 0.636.